The van der Waals surface area contributed by atoms with Crippen LogP contribution in [-0.2, 0) is 27.3 Å². The van der Waals surface area contributed by atoms with Gasteiger partial charge in [0.05, 0.1) is 5.92 Å². The van der Waals surface area contributed by atoms with Gasteiger partial charge in [-0.25, -0.2) is 0 Å². The minimum absolute atomic E-state index is 0.0490. The summed E-state index contributed by atoms with van der Waals surface area (Å²) >= 11 is 0. The number of carbonyl (C=O) groups is 3. The number of carbonyl (C=O) groups excluding carboxylic acids is 3. The van der Waals surface area contributed by atoms with E-state index in [-0.39, 0.29) is 29.7 Å². The standard InChI is InChI=1S/C27H33N3O3/c1-20-7-9-21(10-8-20)11-12-25(31)28-24-13-15-29(16-14-24)27(33)23-17-26(32)30(19-23)18-22-5-3-2-4-6-22/h2-10,23-24H,11-19H2,1H3,(H,28,31). The lowest BCUT2D eigenvalue weighted by Crippen LogP contribution is -2.48. The van der Waals surface area contributed by atoms with Crippen LogP contribution in [-0.4, -0.2) is 53.2 Å². The monoisotopic (exact) mass is 447 g/mol. The number of benzene rings is 2. The zero-order valence-electron chi connectivity index (χ0n) is 19.3. The molecule has 0 aliphatic carbocycles. The van der Waals surface area contributed by atoms with Crippen molar-refractivity contribution in [2.24, 2.45) is 5.92 Å². The first-order valence-corrected chi connectivity index (χ1v) is 11.9. The predicted octanol–water partition coefficient (Wildman–Crippen LogP) is 3.08. The van der Waals surface area contributed by atoms with Crippen LogP contribution in [0.1, 0.15) is 42.4 Å². The van der Waals surface area contributed by atoms with Crippen LogP contribution in [0, 0.1) is 12.8 Å². The van der Waals surface area contributed by atoms with E-state index >= 15 is 0 Å². The van der Waals surface area contributed by atoms with E-state index in [0.29, 0.717) is 39.0 Å². The molecule has 2 aliphatic heterocycles. The molecule has 174 valence electrons. The Hall–Kier alpha value is -3.15. The van der Waals surface area contributed by atoms with E-state index in [1.807, 2.05) is 35.2 Å². The van der Waals surface area contributed by atoms with Gasteiger partial charge in [-0.3, -0.25) is 14.4 Å². The van der Waals surface area contributed by atoms with Gasteiger partial charge in [0, 0.05) is 45.1 Å². The van der Waals surface area contributed by atoms with Crippen LogP contribution in [0.3, 0.4) is 0 Å². The fourth-order valence-corrected chi connectivity index (χ4v) is 4.71. The molecule has 2 aromatic rings. The molecule has 0 bridgehead atoms. The largest absolute Gasteiger partial charge is 0.353 e. The molecule has 0 radical (unpaired) electrons. The Bertz CT molecular complexity index is 966. The van der Waals surface area contributed by atoms with Crippen molar-refractivity contribution in [1.82, 2.24) is 15.1 Å². The zero-order chi connectivity index (χ0) is 23.2. The van der Waals surface area contributed by atoms with Crippen LogP contribution in [0.5, 0.6) is 0 Å². The molecule has 0 aromatic heterocycles. The molecule has 1 unspecified atom stereocenters. The number of nitrogens with one attached hydrogen (secondary N) is 1. The molecule has 1 N–H and O–H groups in total. The highest BCUT2D eigenvalue weighted by Gasteiger charge is 2.37. The van der Waals surface area contributed by atoms with Crippen LogP contribution in [0.25, 0.3) is 0 Å². The lowest BCUT2D eigenvalue weighted by atomic mass is 10.0. The Balaban J connectivity index is 1.19. The van der Waals surface area contributed by atoms with Crippen molar-refractivity contribution in [3.63, 3.8) is 0 Å². The van der Waals surface area contributed by atoms with Crippen LogP contribution in [0.2, 0.25) is 0 Å². The van der Waals surface area contributed by atoms with E-state index in [1.54, 1.807) is 4.90 Å². The smallest absolute Gasteiger partial charge is 0.227 e. The number of aryl methyl sites for hydroxylation is 2. The van der Waals surface area contributed by atoms with Gasteiger partial charge in [0.1, 0.15) is 0 Å². The van der Waals surface area contributed by atoms with E-state index in [9.17, 15) is 14.4 Å². The van der Waals surface area contributed by atoms with Gasteiger partial charge in [-0.15, -0.1) is 0 Å². The SMILES string of the molecule is Cc1ccc(CCC(=O)NC2CCN(C(=O)C3CC(=O)N(Cc4ccccc4)C3)CC2)cc1. The van der Waals surface area contributed by atoms with Gasteiger partial charge < -0.3 is 15.1 Å². The minimum Gasteiger partial charge on any atom is -0.353 e. The molecular formula is C27H33N3O3. The van der Waals surface area contributed by atoms with Crippen molar-refractivity contribution >= 4 is 17.7 Å². The van der Waals surface area contributed by atoms with Gasteiger partial charge >= 0.3 is 0 Å². The quantitative estimate of drug-likeness (QED) is 0.709. The Morgan fingerprint density at radius 3 is 2.36 bits per heavy atom. The van der Waals surface area contributed by atoms with Crippen LogP contribution in [0.4, 0.5) is 0 Å². The summed E-state index contributed by atoms with van der Waals surface area (Å²) in [6.07, 6.45) is 3.02. The number of amides is 3. The minimum atomic E-state index is -0.262. The number of likely N-dealkylation sites (tertiary alicyclic amines) is 2. The molecular weight excluding hydrogens is 414 g/mol. The van der Waals surface area contributed by atoms with Gasteiger partial charge in [0.15, 0.2) is 0 Å². The van der Waals surface area contributed by atoms with Crippen molar-refractivity contribution < 1.29 is 14.4 Å². The third-order valence-corrected chi connectivity index (χ3v) is 6.71. The molecule has 6 heteroatoms. The molecule has 6 nitrogen and oxygen atoms in total. The number of hydrogen-bond donors (Lipinski definition) is 1. The molecule has 2 heterocycles. The van der Waals surface area contributed by atoms with Crippen molar-refractivity contribution in [2.45, 2.75) is 51.6 Å². The normalized spacial score (nSPS) is 19.1. The number of rotatable bonds is 7. The summed E-state index contributed by atoms with van der Waals surface area (Å²) in [7, 11) is 0. The first kappa shape index (κ1) is 23.0. The van der Waals surface area contributed by atoms with Gasteiger partial charge in [0.25, 0.3) is 0 Å². The molecule has 1 atom stereocenters. The Morgan fingerprint density at radius 2 is 1.67 bits per heavy atom. The Morgan fingerprint density at radius 1 is 0.970 bits per heavy atom. The predicted molar refractivity (Wildman–Crippen MR) is 127 cm³/mol. The number of hydrogen-bond acceptors (Lipinski definition) is 3. The van der Waals surface area contributed by atoms with E-state index in [1.165, 1.54) is 11.1 Å². The summed E-state index contributed by atoms with van der Waals surface area (Å²) in [5.74, 6) is -0.0730. The van der Waals surface area contributed by atoms with Crippen molar-refractivity contribution in [2.75, 3.05) is 19.6 Å². The van der Waals surface area contributed by atoms with Gasteiger partial charge in [-0.2, -0.15) is 0 Å². The maximum absolute atomic E-state index is 13.0. The average molecular weight is 448 g/mol. The first-order valence-electron chi connectivity index (χ1n) is 11.9. The second kappa shape index (κ2) is 10.6. The van der Waals surface area contributed by atoms with E-state index in [2.05, 4.69) is 36.5 Å². The fourth-order valence-electron chi connectivity index (χ4n) is 4.71. The number of piperidine rings is 1. The Kier molecular flexibility index (Phi) is 7.43. The van der Waals surface area contributed by atoms with Gasteiger partial charge in [-0.1, -0.05) is 60.2 Å². The molecule has 4 rings (SSSR count). The third kappa shape index (κ3) is 6.21. The van der Waals surface area contributed by atoms with Crippen molar-refractivity contribution in [1.29, 1.82) is 0 Å². The maximum atomic E-state index is 13.0. The summed E-state index contributed by atoms with van der Waals surface area (Å²) in [5.41, 5.74) is 3.47. The van der Waals surface area contributed by atoms with Crippen molar-refractivity contribution in [3.05, 3.63) is 71.3 Å². The second-order valence-corrected chi connectivity index (χ2v) is 9.31. The highest BCUT2D eigenvalue weighted by Crippen LogP contribution is 2.24. The average Bonchev–Trinajstić information content (AvgIpc) is 3.19. The van der Waals surface area contributed by atoms with E-state index in [4.69, 9.17) is 0 Å². The zero-order valence-corrected chi connectivity index (χ0v) is 19.3. The summed E-state index contributed by atoms with van der Waals surface area (Å²) < 4.78 is 0. The van der Waals surface area contributed by atoms with Crippen LogP contribution >= 0.6 is 0 Å². The molecule has 33 heavy (non-hydrogen) atoms. The number of nitrogens with zero attached hydrogens (tertiary/aromatic N) is 2. The third-order valence-electron chi connectivity index (χ3n) is 6.71. The van der Waals surface area contributed by atoms with Gasteiger partial charge in [0.2, 0.25) is 17.7 Å². The lowest BCUT2D eigenvalue weighted by Gasteiger charge is -2.33. The van der Waals surface area contributed by atoms with Gasteiger partial charge in [-0.05, 0) is 37.3 Å². The van der Waals surface area contributed by atoms with E-state index in [0.717, 1.165) is 24.8 Å². The highest BCUT2D eigenvalue weighted by molar-refractivity contribution is 5.89. The molecule has 2 fully saturated rings. The van der Waals surface area contributed by atoms with Crippen molar-refractivity contribution in [3.8, 4) is 0 Å². The molecule has 2 saturated heterocycles. The molecule has 2 aliphatic rings. The molecule has 2 aromatic carbocycles. The first-order chi connectivity index (χ1) is 16.0. The summed E-state index contributed by atoms with van der Waals surface area (Å²) in [6.45, 7) is 4.36. The molecule has 3 amide bonds. The second-order valence-electron chi connectivity index (χ2n) is 9.31. The van der Waals surface area contributed by atoms with E-state index < -0.39 is 0 Å². The summed E-state index contributed by atoms with van der Waals surface area (Å²) in [4.78, 5) is 41.5. The summed E-state index contributed by atoms with van der Waals surface area (Å²) in [5, 5.41) is 3.13. The summed E-state index contributed by atoms with van der Waals surface area (Å²) in [6, 6.07) is 18.3. The van der Waals surface area contributed by atoms with Crippen LogP contribution < -0.4 is 5.32 Å². The Labute approximate surface area is 196 Å². The highest BCUT2D eigenvalue weighted by atomic mass is 16.2. The maximum Gasteiger partial charge on any atom is 0.227 e. The molecule has 0 saturated carbocycles. The molecule has 0 spiro atoms. The lowest BCUT2D eigenvalue weighted by molar-refractivity contribution is -0.137. The van der Waals surface area contributed by atoms with Crippen LogP contribution in [0.15, 0.2) is 54.6 Å². The topological polar surface area (TPSA) is 69.7 Å². The fraction of sp³-hybridized carbons (Fsp3) is 0.444.